The van der Waals surface area contributed by atoms with Gasteiger partial charge in [0.15, 0.2) is 0 Å². The molecule has 0 bridgehead atoms. The lowest BCUT2D eigenvalue weighted by Gasteiger charge is -2.06. The molecule has 21 heavy (non-hydrogen) atoms. The fourth-order valence-electron chi connectivity index (χ4n) is 2.30. The third-order valence-electron chi connectivity index (χ3n) is 3.41. The van der Waals surface area contributed by atoms with Gasteiger partial charge in [0.1, 0.15) is 23.9 Å². The van der Waals surface area contributed by atoms with Crippen molar-refractivity contribution in [1.82, 2.24) is 0 Å². The van der Waals surface area contributed by atoms with Crippen LogP contribution < -0.4 is 10.5 Å². The van der Waals surface area contributed by atoms with Gasteiger partial charge in [0.2, 0.25) is 0 Å². The summed E-state index contributed by atoms with van der Waals surface area (Å²) in [6.07, 6.45) is 0. The minimum atomic E-state index is 0.406. The number of fused-ring (bicyclic) bond motifs is 1. The second kappa shape index (κ2) is 5.92. The van der Waals surface area contributed by atoms with Gasteiger partial charge in [0.05, 0.1) is 6.54 Å². The minimum Gasteiger partial charge on any atom is -0.486 e. The Morgan fingerprint density at radius 1 is 1.10 bits per heavy atom. The number of furan rings is 1. The number of hydrogen-bond donors (Lipinski definition) is 1. The van der Waals surface area contributed by atoms with Crippen LogP contribution in [0, 0.1) is 6.92 Å². The Morgan fingerprint density at radius 2 is 1.86 bits per heavy atom. The molecule has 3 rings (SSSR count). The molecule has 3 nitrogen and oxygen atoms in total. The number of benzene rings is 2. The first-order valence-electron chi connectivity index (χ1n) is 6.76. The molecule has 0 aliphatic carbocycles. The summed E-state index contributed by atoms with van der Waals surface area (Å²) in [7, 11) is 0. The van der Waals surface area contributed by atoms with E-state index in [0.717, 1.165) is 32.7 Å². The van der Waals surface area contributed by atoms with Crippen LogP contribution in [-0.4, -0.2) is 0 Å². The lowest BCUT2D eigenvalue weighted by Crippen LogP contribution is -1.96. The molecule has 0 amide bonds. The number of hydrogen-bond acceptors (Lipinski definition) is 3. The fourth-order valence-corrected chi connectivity index (χ4v) is 2.68. The lowest BCUT2D eigenvalue weighted by atomic mass is 10.1. The topological polar surface area (TPSA) is 48.4 Å². The summed E-state index contributed by atoms with van der Waals surface area (Å²) in [6.45, 7) is 2.81. The van der Waals surface area contributed by atoms with E-state index in [4.69, 9.17) is 14.9 Å². The SMILES string of the molecule is Cc1cc(COc2ccc3cc(Br)ccc3c2)oc1CN. The van der Waals surface area contributed by atoms with E-state index < -0.39 is 0 Å². The summed E-state index contributed by atoms with van der Waals surface area (Å²) in [5.41, 5.74) is 6.68. The average molecular weight is 346 g/mol. The molecule has 0 unspecified atom stereocenters. The first-order chi connectivity index (χ1) is 10.2. The summed E-state index contributed by atoms with van der Waals surface area (Å²) in [5, 5.41) is 2.32. The van der Waals surface area contributed by atoms with Crippen molar-refractivity contribution in [3.05, 3.63) is 64.0 Å². The molecule has 0 fully saturated rings. The van der Waals surface area contributed by atoms with E-state index >= 15 is 0 Å². The molecule has 0 saturated heterocycles. The van der Waals surface area contributed by atoms with Gasteiger partial charge < -0.3 is 14.9 Å². The van der Waals surface area contributed by atoms with Crippen molar-refractivity contribution in [2.24, 2.45) is 5.73 Å². The zero-order valence-corrected chi connectivity index (χ0v) is 13.3. The largest absolute Gasteiger partial charge is 0.486 e. The molecule has 0 atom stereocenters. The Labute approximate surface area is 131 Å². The zero-order valence-electron chi connectivity index (χ0n) is 11.7. The standard InChI is InChI=1S/C17H16BrNO2/c1-11-6-16(21-17(11)9-19)10-20-15-5-3-12-7-14(18)4-2-13(12)8-15/h2-8H,9-10,19H2,1H3. The van der Waals surface area contributed by atoms with Crippen molar-refractivity contribution in [3.8, 4) is 5.75 Å². The second-order valence-electron chi connectivity index (χ2n) is 4.96. The molecule has 0 spiro atoms. The van der Waals surface area contributed by atoms with Gasteiger partial charge in [-0.3, -0.25) is 0 Å². The molecule has 0 radical (unpaired) electrons. The molecule has 0 aliphatic rings. The van der Waals surface area contributed by atoms with Crippen LogP contribution in [0.2, 0.25) is 0 Å². The monoisotopic (exact) mass is 345 g/mol. The Morgan fingerprint density at radius 3 is 2.62 bits per heavy atom. The van der Waals surface area contributed by atoms with E-state index in [1.165, 1.54) is 5.39 Å². The Bertz CT molecular complexity index is 780. The van der Waals surface area contributed by atoms with Gasteiger partial charge in [-0.2, -0.15) is 0 Å². The van der Waals surface area contributed by atoms with Crippen LogP contribution in [-0.2, 0) is 13.2 Å². The molecule has 0 saturated carbocycles. The summed E-state index contributed by atoms with van der Waals surface area (Å²) < 4.78 is 12.5. The van der Waals surface area contributed by atoms with E-state index in [2.05, 4.69) is 28.1 Å². The highest BCUT2D eigenvalue weighted by Crippen LogP contribution is 2.25. The van der Waals surface area contributed by atoms with Gasteiger partial charge in [-0.05, 0) is 53.6 Å². The Balaban J connectivity index is 1.76. The number of halogens is 1. The molecule has 2 aromatic carbocycles. The van der Waals surface area contributed by atoms with E-state index in [1.54, 1.807) is 0 Å². The van der Waals surface area contributed by atoms with Gasteiger partial charge in [-0.15, -0.1) is 0 Å². The molecular formula is C17H16BrNO2. The van der Waals surface area contributed by atoms with E-state index in [1.807, 2.05) is 37.3 Å². The van der Waals surface area contributed by atoms with Crippen molar-refractivity contribution < 1.29 is 9.15 Å². The smallest absolute Gasteiger partial charge is 0.146 e. The van der Waals surface area contributed by atoms with Crippen LogP contribution in [0.3, 0.4) is 0 Å². The van der Waals surface area contributed by atoms with Crippen molar-refractivity contribution >= 4 is 26.7 Å². The first kappa shape index (κ1) is 14.2. The van der Waals surface area contributed by atoms with Crippen LogP contribution in [0.5, 0.6) is 5.75 Å². The molecular weight excluding hydrogens is 330 g/mol. The number of ether oxygens (including phenoxy) is 1. The maximum absolute atomic E-state index is 5.80. The Kier molecular flexibility index (Phi) is 3.99. The van der Waals surface area contributed by atoms with Crippen LogP contribution in [0.1, 0.15) is 17.1 Å². The van der Waals surface area contributed by atoms with Crippen molar-refractivity contribution in [2.75, 3.05) is 0 Å². The maximum Gasteiger partial charge on any atom is 0.146 e. The lowest BCUT2D eigenvalue weighted by molar-refractivity contribution is 0.266. The number of aryl methyl sites for hydroxylation is 1. The van der Waals surface area contributed by atoms with Gasteiger partial charge >= 0.3 is 0 Å². The summed E-state index contributed by atoms with van der Waals surface area (Å²) in [5.74, 6) is 2.44. The Hall–Kier alpha value is -1.78. The van der Waals surface area contributed by atoms with Crippen LogP contribution >= 0.6 is 15.9 Å². The molecule has 3 aromatic rings. The highest BCUT2D eigenvalue weighted by Gasteiger charge is 2.07. The van der Waals surface area contributed by atoms with Crippen LogP contribution in [0.15, 0.2) is 51.4 Å². The third-order valence-corrected chi connectivity index (χ3v) is 3.91. The van der Waals surface area contributed by atoms with Gasteiger partial charge in [0, 0.05) is 4.47 Å². The number of rotatable bonds is 4. The van der Waals surface area contributed by atoms with E-state index in [9.17, 15) is 0 Å². The molecule has 2 N–H and O–H groups in total. The van der Waals surface area contributed by atoms with E-state index in [0.29, 0.717) is 13.2 Å². The van der Waals surface area contributed by atoms with E-state index in [-0.39, 0.29) is 0 Å². The summed E-state index contributed by atoms with van der Waals surface area (Å²) >= 11 is 3.47. The maximum atomic E-state index is 5.80. The highest BCUT2D eigenvalue weighted by atomic mass is 79.9. The van der Waals surface area contributed by atoms with Crippen LogP contribution in [0.4, 0.5) is 0 Å². The van der Waals surface area contributed by atoms with Crippen LogP contribution in [0.25, 0.3) is 10.8 Å². The van der Waals surface area contributed by atoms with Gasteiger partial charge in [0.25, 0.3) is 0 Å². The average Bonchev–Trinajstić information content (AvgIpc) is 2.85. The minimum absolute atomic E-state index is 0.406. The highest BCUT2D eigenvalue weighted by molar-refractivity contribution is 9.10. The normalized spacial score (nSPS) is 11.0. The van der Waals surface area contributed by atoms with Gasteiger partial charge in [-0.1, -0.05) is 28.1 Å². The molecule has 4 heteroatoms. The molecule has 1 heterocycles. The number of nitrogens with two attached hydrogens (primary N) is 1. The van der Waals surface area contributed by atoms with Crippen molar-refractivity contribution in [2.45, 2.75) is 20.1 Å². The third kappa shape index (κ3) is 3.12. The molecule has 0 aliphatic heterocycles. The second-order valence-corrected chi connectivity index (χ2v) is 5.88. The van der Waals surface area contributed by atoms with Gasteiger partial charge in [-0.25, -0.2) is 0 Å². The summed E-state index contributed by atoms with van der Waals surface area (Å²) in [6, 6.07) is 14.2. The van der Waals surface area contributed by atoms with Crippen molar-refractivity contribution in [1.29, 1.82) is 0 Å². The predicted molar refractivity (Wildman–Crippen MR) is 87.3 cm³/mol. The quantitative estimate of drug-likeness (QED) is 0.754. The van der Waals surface area contributed by atoms with Crippen molar-refractivity contribution in [3.63, 3.8) is 0 Å². The summed E-state index contributed by atoms with van der Waals surface area (Å²) in [4.78, 5) is 0. The predicted octanol–water partition coefficient (Wildman–Crippen LogP) is 4.54. The first-order valence-corrected chi connectivity index (χ1v) is 7.55. The molecule has 1 aromatic heterocycles. The fraction of sp³-hybridized carbons (Fsp3) is 0.176. The molecule has 108 valence electrons. The zero-order chi connectivity index (χ0) is 14.8.